The number of hydrogen-bond donors (Lipinski definition) is 2. The first-order valence-corrected chi connectivity index (χ1v) is 4.58. The van der Waals surface area contributed by atoms with Crippen molar-refractivity contribution < 1.29 is 4.79 Å². The number of carbonyl (C=O) groups excluding carboxylic acids is 1. The Morgan fingerprint density at radius 3 is 2.79 bits per heavy atom. The number of nitriles is 1. The molecule has 1 amide bonds. The molecule has 1 heterocycles. The third-order valence-electron chi connectivity index (χ3n) is 2.00. The molecule has 74 valence electrons. The Hall–Kier alpha value is -1.47. The number of anilines is 1. The van der Waals surface area contributed by atoms with Gasteiger partial charge in [0.1, 0.15) is 17.8 Å². The predicted octanol–water partition coefficient (Wildman–Crippen LogP) is 1.68. The van der Waals surface area contributed by atoms with Crippen LogP contribution in [-0.2, 0) is 4.79 Å². The summed E-state index contributed by atoms with van der Waals surface area (Å²) in [5.74, 6) is -0.0281. The molecule has 14 heavy (non-hydrogen) atoms. The van der Waals surface area contributed by atoms with Gasteiger partial charge in [-0.25, -0.2) is 0 Å². The first-order chi connectivity index (χ1) is 6.60. The van der Waals surface area contributed by atoms with Crippen molar-refractivity contribution in [2.75, 3.05) is 11.2 Å². The van der Waals surface area contributed by atoms with Crippen LogP contribution in [0.4, 0.5) is 5.82 Å². The van der Waals surface area contributed by atoms with Gasteiger partial charge in [-0.3, -0.25) is 4.79 Å². The topological polar surface area (TPSA) is 68.7 Å². The minimum Gasteiger partial charge on any atom is -0.344 e. The standard InChI is InChI=1S/C9H10ClN3O/c1-5-6(2)12-9(7(5)4-11)13-8(14)3-10/h12H,3H2,1-2H3,(H,13,14). The molecule has 0 aromatic carbocycles. The van der Waals surface area contributed by atoms with Gasteiger partial charge in [0, 0.05) is 5.69 Å². The fourth-order valence-electron chi connectivity index (χ4n) is 1.13. The van der Waals surface area contributed by atoms with E-state index in [-0.39, 0.29) is 11.8 Å². The van der Waals surface area contributed by atoms with E-state index in [0.29, 0.717) is 11.4 Å². The Morgan fingerprint density at radius 1 is 1.64 bits per heavy atom. The minimum absolute atomic E-state index is 0.123. The van der Waals surface area contributed by atoms with Crippen LogP contribution in [0.15, 0.2) is 0 Å². The number of aromatic nitrogens is 1. The number of halogens is 1. The van der Waals surface area contributed by atoms with E-state index in [9.17, 15) is 4.79 Å². The highest BCUT2D eigenvalue weighted by Gasteiger charge is 2.12. The second kappa shape index (κ2) is 4.16. The molecular formula is C9H10ClN3O. The maximum Gasteiger partial charge on any atom is 0.240 e. The van der Waals surface area contributed by atoms with E-state index in [1.165, 1.54) is 0 Å². The Labute approximate surface area is 86.9 Å². The average molecular weight is 212 g/mol. The van der Waals surface area contributed by atoms with Crippen molar-refractivity contribution in [1.82, 2.24) is 4.98 Å². The first kappa shape index (κ1) is 10.6. The van der Waals surface area contributed by atoms with E-state index in [2.05, 4.69) is 10.3 Å². The molecule has 0 unspecified atom stereocenters. The zero-order chi connectivity index (χ0) is 10.7. The smallest absolute Gasteiger partial charge is 0.240 e. The van der Waals surface area contributed by atoms with Crippen LogP contribution in [-0.4, -0.2) is 16.8 Å². The van der Waals surface area contributed by atoms with E-state index in [1.807, 2.05) is 19.9 Å². The largest absolute Gasteiger partial charge is 0.344 e. The average Bonchev–Trinajstić information content (AvgIpc) is 2.42. The normalized spacial score (nSPS) is 9.57. The number of aryl methyl sites for hydroxylation is 1. The van der Waals surface area contributed by atoms with Gasteiger partial charge < -0.3 is 10.3 Å². The van der Waals surface area contributed by atoms with Crippen molar-refractivity contribution in [3.63, 3.8) is 0 Å². The molecule has 1 aromatic rings. The van der Waals surface area contributed by atoms with Crippen molar-refractivity contribution in [3.05, 3.63) is 16.8 Å². The highest BCUT2D eigenvalue weighted by Crippen LogP contribution is 2.20. The molecular weight excluding hydrogens is 202 g/mol. The third kappa shape index (κ3) is 1.88. The van der Waals surface area contributed by atoms with E-state index >= 15 is 0 Å². The second-order valence-corrected chi connectivity index (χ2v) is 3.19. The number of hydrogen-bond acceptors (Lipinski definition) is 2. The molecule has 0 radical (unpaired) electrons. The van der Waals surface area contributed by atoms with E-state index in [1.54, 1.807) is 0 Å². The third-order valence-corrected chi connectivity index (χ3v) is 2.24. The molecule has 0 bridgehead atoms. The number of carbonyl (C=O) groups is 1. The van der Waals surface area contributed by atoms with E-state index in [4.69, 9.17) is 16.9 Å². The first-order valence-electron chi connectivity index (χ1n) is 4.05. The zero-order valence-electron chi connectivity index (χ0n) is 7.94. The van der Waals surface area contributed by atoms with Crippen molar-refractivity contribution in [2.24, 2.45) is 0 Å². The molecule has 0 saturated carbocycles. The van der Waals surface area contributed by atoms with Crippen LogP contribution in [0.5, 0.6) is 0 Å². The summed E-state index contributed by atoms with van der Waals surface area (Å²) in [5.41, 5.74) is 2.17. The summed E-state index contributed by atoms with van der Waals surface area (Å²) in [6.45, 7) is 3.66. The molecule has 1 aromatic heterocycles. The molecule has 0 saturated heterocycles. The van der Waals surface area contributed by atoms with Gasteiger partial charge >= 0.3 is 0 Å². The van der Waals surface area contributed by atoms with Crippen LogP contribution in [0.1, 0.15) is 16.8 Å². The lowest BCUT2D eigenvalue weighted by Gasteiger charge is -1.99. The molecule has 5 heteroatoms. The van der Waals surface area contributed by atoms with Gasteiger partial charge in [0.2, 0.25) is 5.91 Å². The number of H-pyrrole nitrogens is 1. The second-order valence-electron chi connectivity index (χ2n) is 2.92. The van der Waals surface area contributed by atoms with Crippen LogP contribution >= 0.6 is 11.6 Å². The summed E-state index contributed by atoms with van der Waals surface area (Å²) in [5, 5.41) is 11.4. The van der Waals surface area contributed by atoms with Crippen LogP contribution in [0.3, 0.4) is 0 Å². The molecule has 0 aliphatic heterocycles. The number of nitrogens with zero attached hydrogens (tertiary/aromatic N) is 1. The van der Waals surface area contributed by atoms with Crippen LogP contribution in [0, 0.1) is 25.2 Å². The number of alkyl halides is 1. The van der Waals surface area contributed by atoms with Crippen LogP contribution in [0.25, 0.3) is 0 Å². The van der Waals surface area contributed by atoms with Gasteiger partial charge in [-0.1, -0.05) is 0 Å². The van der Waals surface area contributed by atoms with Crippen LogP contribution in [0.2, 0.25) is 0 Å². The maximum atomic E-state index is 11.0. The summed E-state index contributed by atoms with van der Waals surface area (Å²) in [7, 11) is 0. The van der Waals surface area contributed by atoms with Crippen molar-refractivity contribution in [2.45, 2.75) is 13.8 Å². The lowest BCUT2D eigenvalue weighted by atomic mass is 10.2. The van der Waals surface area contributed by atoms with E-state index in [0.717, 1.165) is 11.3 Å². The Morgan fingerprint density at radius 2 is 2.29 bits per heavy atom. The predicted molar refractivity (Wildman–Crippen MR) is 54.3 cm³/mol. The lowest BCUT2D eigenvalue weighted by molar-refractivity contribution is -0.113. The number of amides is 1. The minimum atomic E-state index is -0.329. The summed E-state index contributed by atoms with van der Waals surface area (Å²) in [6, 6.07) is 2.03. The number of aromatic amines is 1. The Balaban J connectivity index is 3.04. The van der Waals surface area contributed by atoms with Gasteiger partial charge in [0.25, 0.3) is 0 Å². The summed E-state index contributed by atoms with van der Waals surface area (Å²) >= 11 is 5.34. The fourth-order valence-corrected chi connectivity index (χ4v) is 1.19. The van der Waals surface area contributed by atoms with Gasteiger partial charge in [-0.05, 0) is 19.4 Å². The maximum absolute atomic E-state index is 11.0. The molecule has 0 fully saturated rings. The molecule has 1 rings (SSSR count). The van der Waals surface area contributed by atoms with Gasteiger partial charge in [-0.15, -0.1) is 11.6 Å². The van der Waals surface area contributed by atoms with Crippen molar-refractivity contribution >= 4 is 23.3 Å². The van der Waals surface area contributed by atoms with Crippen molar-refractivity contribution in [1.29, 1.82) is 5.26 Å². The Bertz CT molecular complexity index is 403. The molecule has 4 nitrogen and oxygen atoms in total. The molecule has 0 aliphatic carbocycles. The number of nitrogens with one attached hydrogen (secondary N) is 2. The summed E-state index contributed by atoms with van der Waals surface area (Å²) in [6.07, 6.45) is 0. The van der Waals surface area contributed by atoms with Crippen molar-refractivity contribution in [3.8, 4) is 6.07 Å². The molecule has 2 N–H and O–H groups in total. The summed E-state index contributed by atoms with van der Waals surface area (Å²) < 4.78 is 0. The zero-order valence-corrected chi connectivity index (χ0v) is 8.70. The lowest BCUT2D eigenvalue weighted by Crippen LogP contribution is -2.13. The molecule has 0 aliphatic rings. The molecule has 0 atom stereocenters. The van der Waals surface area contributed by atoms with E-state index < -0.39 is 0 Å². The quantitative estimate of drug-likeness (QED) is 0.731. The van der Waals surface area contributed by atoms with Gasteiger partial charge in [0.15, 0.2) is 0 Å². The van der Waals surface area contributed by atoms with Crippen LogP contribution < -0.4 is 5.32 Å². The van der Waals surface area contributed by atoms with Gasteiger partial charge in [-0.2, -0.15) is 5.26 Å². The summed E-state index contributed by atoms with van der Waals surface area (Å²) in [4.78, 5) is 13.9. The fraction of sp³-hybridized carbons (Fsp3) is 0.333. The van der Waals surface area contributed by atoms with Gasteiger partial charge in [0.05, 0.1) is 5.56 Å². The molecule has 0 spiro atoms. The SMILES string of the molecule is Cc1[nH]c(NC(=O)CCl)c(C#N)c1C. The monoisotopic (exact) mass is 211 g/mol. The highest BCUT2D eigenvalue weighted by atomic mass is 35.5. The number of rotatable bonds is 2. The highest BCUT2D eigenvalue weighted by molar-refractivity contribution is 6.29. The Kier molecular flexibility index (Phi) is 3.15.